The molecular weight excluding hydrogens is 683 g/mol. The van der Waals surface area contributed by atoms with Gasteiger partial charge < -0.3 is 9.13 Å². The standard InChI is InChI=1S/C51H33N5/c1-4-17-34(18-5-1)36-21-16-22-37(31-36)50-52-49(35-19-6-2-7-20-35)53-51(54-50)41-27-12-15-30-46(41)56-45-29-14-11-26-40(45)43-32-47-42(33-48(43)56)39-25-10-13-28-44(39)55(47)38-23-8-3-9-24-38/h1-33H. The van der Waals surface area contributed by atoms with Gasteiger partial charge in [-0.15, -0.1) is 0 Å². The predicted molar refractivity (Wildman–Crippen MR) is 230 cm³/mol. The molecule has 0 amide bonds. The van der Waals surface area contributed by atoms with Crippen LogP contribution in [-0.2, 0) is 0 Å². The Kier molecular flexibility index (Phi) is 7.42. The van der Waals surface area contributed by atoms with E-state index in [-0.39, 0.29) is 0 Å². The molecule has 262 valence electrons. The van der Waals surface area contributed by atoms with E-state index in [0.717, 1.165) is 50.2 Å². The second-order valence-electron chi connectivity index (χ2n) is 14.1. The summed E-state index contributed by atoms with van der Waals surface area (Å²) >= 11 is 0. The normalized spacial score (nSPS) is 11.6. The molecule has 11 rings (SSSR count). The lowest BCUT2D eigenvalue weighted by Gasteiger charge is -2.15. The van der Waals surface area contributed by atoms with E-state index in [0.29, 0.717) is 17.5 Å². The van der Waals surface area contributed by atoms with E-state index >= 15 is 0 Å². The third-order valence-electron chi connectivity index (χ3n) is 10.8. The van der Waals surface area contributed by atoms with Gasteiger partial charge in [-0.05, 0) is 65.7 Å². The topological polar surface area (TPSA) is 48.5 Å². The molecule has 0 bridgehead atoms. The zero-order valence-corrected chi connectivity index (χ0v) is 30.3. The SMILES string of the molecule is c1ccc(-c2cccc(-c3nc(-c4ccccc4)nc(-c4ccccc4-n4c5ccccc5c5cc6c(cc54)c4ccccc4n6-c4ccccc4)n3)c2)cc1. The van der Waals surface area contributed by atoms with Crippen LogP contribution < -0.4 is 0 Å². The van der Waals surface area contributed by atoms with Crippen molar-refractivity contribution < 1.29 is 0 Å². The summed E-state index contributed by atoms with van der Waals surface area (Å²) in [6.45, 7) is 0. The molecule has 0 fully saturated rings. The molecular formula is C51H33N5. The lowest BCUT2D eigenvalue weighted by Crippen LogP contribution is -2.03. The molecule has 0 N–H and O–H groups in total. The summed E-state index contributed by atoms with van der Waals surface area (Å²) in [6.07, 6.45) is 0. The Hall–Kier alpha value is -7.63. The van der Waals surface area contributed by atoms with Gasteiger partial charge in [-0.3, -0.25) is 0 Å². The minimum absolute atomic E-state index is 0.613. The number of para-hydroxylation sites is 4. The Labute approximate surface area is 323 Å². The number of fused-ring (bicyclic) bond motifs is 6. The van der Waals surface area contributed by atoms with Crippen molar-refractivity contribution in [3.05, 3.63) is 200 Å². The Bertz CT molecular complexity index is 3240. The van der Waals surface area contributed by atoms with Crippen LogP contribution in [0.3, 0.4) is 0 Å². The fourth-order valence-corrected chi connectivity index (χ4v) is 8.21. The van der Waals surface area contributed by atoms with Crippen molar-refractivity contribution in [1.82, 2.24) is 24.1 Å². The van der Waals surface area contributed by atoms with Crippen LogP contribution in [0.25, 0.3) is 100 Å². The summed E-state index contributed by atoms with van der Waals surface area (Å²) in [5.41, 5.74) is 11.8. The molecule has 5 heteroatoms. The first-order valence-electron chi connectivity index (χ1n) is 18.9. The van der Waals surface area contributed by atoms with Gasteiger partial charge >= 0.3 is 0 Å². The first-order valence-corrected chi connectivity index (χ1v) is 18.9. The quantitative estimate of drug-likeness (QED) is 0.172. The maximum Gasteiger partial charge on any atom is 0.166 e. The number of nitrogens with zero attached hydrogens (tertiary/aromatic N) is 5. The van der Waals surface area contributed by atoms with Crippen molar-refractivity contribution in [3.8, 4) is 56.7 Å². The van der Waals surface area contributed by atoms with Gasteiger partial charge in [0.2, 0.25) is 0 Å². The average Bonchev–Trinajstić information content (AvgIpc) is 3.78. The van der Waals surface area contributed by atoms with E-state index in [2.05, 4.69) is 185 Å². The summed E-state index contributed by atoms with van der Waals surface area (Å²) in [7, 11) is 0. The molecule has 0 unspecified atom stereocenters. The maximum absolute atomic E-state index is 5.25. The summed E-state index contributed by atoms with van der Waals surface area (Å²) in [4.78, 5) is 15.5. The fourth-order valence-electron chi connectivity index (χ4n) is 8.21. The molecule has 3 aromatic heterocycles. The zero-order valence-electron chi connectivity index (χ0n) is 30.3. The van der Waals surface area contributed by atoms with Gasteiger partial charge in [0.05, 0.1) is 27.8 Å². The van der Waals surface area contributed by atoms with Crippen molar-refractivity contribution in [2.45, 2.75) is 0 Å². The molecule has 0 saturated carbocycles. The third kappa shape index (κ3) is 5.21. The van der Waals surface area contributed by atoms with Crippen LogP contribution in [0.2, 0.25) is 0 Å². The Morgan fingerprint density at radius 1 is 0.286 bits per heavy atom. The first-order chi connectivity index (χ1) is 27.8. The molecule has 3 heterocycles. The van der Waals surface area contributed by atoms with Crippen LogP contribution in [0.5, 0.6) is 0 Å². The molecule has 56 heavy (non-hydrogen) atoms. The Morgan fingerprint density at radius 2 is 0.768 bits per heavy atom. The van der Waals surface area contributed by atoms with E-state index in [1.54, 1.807) is 0 Å². The van der Waals surface area contributed by atoms with Gasteiger partial charge in [-0.25, -0.2) is 15.0 Å². The second kappa shape index (κ2) is 13.0. The molecule has 5 nitrogen and oxygen atoms in total. The van der Waals surface area contributed by atoms with Crippen molar-refractivity contribution in [1.29, 1.82) is 0 Å². The van der Waals surface area contributed by atoms with E-state index < -0.39 is 0 Å². The van der Waals surface area contributed by atoms with Crippen LogP contribution in [0.1, 0.15) is 0 Å². The zero-order chi connectivity index (χ0) is 37.0. The highest BCUT2D eigenvalue weighted by molar-refractivity contribution is 6.19. The van der Waals surface area contributed by atoms with Gasteiger partial charge in [-0.1, -0.05) is 146 Å². The van der Waals surface area contributed by atoms with E-state index in [1.165, 1.54) is 32.6 Å². The minimum atomic E-state index is 0.613. The minimum Gasteiger partial charge on any atom is -0.309 e. The van der Waals surface area contributed by atoms with Crippen molar-refractivity contribution in [2.75, 3.05) is 0 Å². The van der Waals surface area contributed by atoms with Gasteiger partial charge in [0, 0.05) is 43.9 Å². The monoisotopic (exact) mass is 715 g/mol. The molecule has 0 aliphatic carbocycles. The lowest BCUT2D eigenvalue weighted by molar-refractivity contribution is 1.06. The molecule has 11 aromatic rings. The van der Waals surface area contributed by atoms with Gasteiger partial charge in [-0.2, -0.15) is 0 Å². The van der Waals surface area contributed by atoms with E-state index in [1.807, 2.05) is 24.3 Å². The van der Waals surface area contributed by atoms with Crippen LogP contribution >= 0.6 is 0 Å². The second-order valence-corrected chi connectivity index (χ2v) is 14.1. The number of benzene rings is 8. The van der Waals surface area contributed by atoms with Crippen LogP contribution in [0, 0.1) is 0 Å². The van der Waals surface area contributed by atoms with Gasteiger partial charge in [0.1, 0.15) is 0 Å². The van der Waals surface area contributed by atoms with Crippen LogP contribution in [0.4, 0.5) is 0 Å². The number of aromatic nitrogens is 5. The lowest BCUT2D eigenvalue weighted by atomic mass is 10.0. The molecule has 0 atom stereocenters. The average molecular weight is 716 g/mol. The number of hydrogen-bond donors (Lipinski definition) is 0. The van der Waals surface area contributed by atoms with Gasteiger partial charge in [0.25, 0.3) is 0 Å². The third-order valence-corrected chi connectivity index (χ3v) is 10.8. The van der Waals surface area contributed by atoms with Crippen molar-refractivity contribution in [2.24, 2.45) is 0 Å². The Morgan fingerprint density at radius 3 is 1.46 bits per heavy atom. The van der Waals surface area contributed by atoms with Crippen LogP contribution in [-0.4, -0.2) is 24.1 Å². The smallest absolute Gasteiger partial charge is 0.166 e. The largest absolute Gasteiger partial charge is 0.309 e. The summed E-state index contributed by atoms with van der Waals surface area (Å²) in [5, 5.41) is 4.78. The first kappa shape index (κ1) is 31.9. The molecule has 0 radical (unpaired) electrons. The molecule has 0 aliphatic heterocycles. The number of rotatable bonds is 6. The van der Waals surface area contributed by atoms with Crippen molar-refractivity contribution >= 4 is 43.6 Å². The van der Waals surface area contributed by atoms with Crippen molar-refractivity contribution in [3.63, 3.8) is 0 Å². The molecule has 0 saturated heterocycles. The van der Waals surface area contributed by atoms with E-state index in [9.17, 15) is 0 Å². The maximum atomic E-state index is 5.25. The fraction of sp³-hybridized carbons (Fsp3) is 0. The number of hydrogen-bond acceptors (Lipinski definition) is 3. The summed E-state index contributed by atoms with van der Waals surface area (Å²) in [5.74, 6) is 1.87. The predicted octanol–water partition coefficient (Wildman–Crippen LogP) is 12.7. The summed E-state index contributed by atoms with van der Waals surface area (Å²) < 4.78 is 4.77. The Balaban J connectivity index is 1.17. The molecule has 0 aliphatic rings. The molecule has 0 spiro atoms. The highest BCUT2D eigenvalue weighted by atomic mass is 15.1. The summed E-state index contributed by atoms with van der Waals surface area (Å²) in [6, 6.07) is 70.3. The highest BCUT2D eigenvalue weighted by Crippen LogP contribution is 2.41. The van der Waals surface area contributed by atoms with Crippen LogP contribution in [0.15, 0.2) is 200 Å². The highest BCUT2D eigenvalue weighted by Gasteiger charge is 2.21. The molecule has 8 aromatic carbocycles. The van der Waals surface area contributed by atoms with Gasteiger partial charge in [0.15, 0.2) is 17.5 Å². The van der Waals surface area contributed by atoms with E-state index in [4.69, 9.17) is 15.0 Å².